The van der Waals surface area contributed by atoms with Crippen molar-refractivity contribution in [2.75, 3.05) is 5.01 Å². The van der Waals surface area contributed by atoms with Gasteiger partial charge in [0, 0.05) is 24.1 Å². The zero-order chi connectivity index (χ0) is 25.4. The largest absolute Gasteiger partial charge is 0.279 e. The third-order valence-electron chi connectivity index (χ3n) is 6.25. The topological polar surface area (TPSA) is 74.3 Å². The van der Waals surface area contributed by atoms with E-state index in [0.29, 0.717) is 17.0 Å². The normalized spacial score (nSPS) is 15.0. The Labute approximate surface area is 212 Å². The van der Waals surface area contributed by atoms with Gasteiger partial charge in [0.25, 0.3) is 5.56 Å². The summed E-state index contributed by atoms with van der Waals surface area (Å²) in [4.78, 5) is 18.0. The van der Waals surface area contributed by atoms with Gasteiger partial charge in [-0.15, -0.1) is 0 Å². The Morgan fingerprint density at radius 3 is 2.28 bits per heavy atom. The molecule has 1 aromatic heterocycles. The zero-order valence-corrected chi connectivity index (χ0v) is 20.4. The molecule has 0 spiro atoms. The predicted octanol–water partition coefficient (Wildman–Crippen LogP) is 5.78. The lowest BCUT2D eigenvalue weighted by Crippen LogP contribution is -2.31. The van der Waals surface area contributed by atoms with Gasteiger partial charge in [-0.25, -0.2) is 14.4 Å². The lowest BCUT2D eigenvalue weighted by molar-refractivity contribution is 0.620. The fourth-order valence-electron chi connectivity index (χ4n) is 4.27. The highest BCUT2D eigenvalue weighted by molar-refractivity contribution is 6.30. The molecule has 0 aliphatic carbocycles. The molecule has 36 heavy (non-hydrogen) atoms. The summed E-state index contributed by atoms with van der Waals surface area (Å²) in [5.41, 5.74) is 4.03. The monoisotopic (exact) mass is 497 g/mol. The van der Waals surface area contributed by atoms with E-state index in [1.807, 2.05) is 37.3 Å². The maximum absolute atomic E-state index is 13.7. The minimum Gasteiger partial charge on any atom is -0.279 e. The van der Waals surface area contributed by atoms with Gasteiger partial charge in [-0.2, -0.15) is 10.4 Å². The molecule has 2 heterocycles. The zero-order valence-electron chi connectivity index (χ0n) is 19.6. The van der Waals surface area contributed by atoms with Gasteiger partial charge in [-0.05, 0) is 42.3 Å². The Kier molecular flexibility index (Phi) is 6.13. The van der Waals surface area contributed by atoms with Crippen molar-refractivity contribution in [3.63, 3.8) is 0 Å². The number of aromatic nitrogens is 2. The quantitative estimate of drug-likeness (QED) is 0.358. The summed E-state index contributed by atoms with van der Waals surface area (Å²) in [6.45, 7) is 2.02. The van der Waals surface area contributed by atoms with Crippen LogP contribution < -0.4 is 10.6 Å². The average molecular weight is 498 g/mol. The van der Waals surface area contributed by atoms with E-state index in [9.17, 15) is 14.4 Å². The third kappa shape index (κ3) is 4.28. The minimum absolute atomic E-state index is 0.0659. The van der Waals surface area contributed by atoms with Gasteiger partial charge in [0.05, 0.1) is 17.4 Å². The molecule has 0 saturated carbocycles. The Morgan fingerprint density at radius 1 is 1.00 bits per heavy atom. The lowest BCUT2D eigenvalue weighted by atomic mass is 9.98. The molecule has 1 unspecified atom stereocenters. The fraction of sp³-hybridized carbons (Fsp3) is 0.143. The predicted molar refractivity (Wildman–Crippen MR) is 139 cm³/mol. The summed E-state index contributed by atoms with van der Waals surface area (Å²) >= 11 is 6.04. The van der Waals surface area contributed by atoms with Gasteiger partial charge in [-0.1, -0.05) is 65.7 Å². The number of hydrogen-bond acceptors (Lipinski definition) is 5. The summed E-state index contributed by atoms with van der Waals surface area (Å²) in [5, 5.41) is 16.9. The molecule has 4 aromatic rings. The van der Waals surface area contributed by atoms with Gasteiger partial charge >= 0.3 is 0 Å². The van der Waals surface area contributed by atoms with Crippen LogP contribution in [-0.4, -0.2) is 15.3 Å². The molecule has 1 aliphatic rings. The number of nitrogens with zero attached hydrogens (tertiary/aromatic N) is 5. The second-order valence-electron chi connectivity index (χ2n) is 8.65. The van der Waals surface area contributed by atoms with Crippen LogP contribution in [0, 0.1) is 24.1 Å². The van der Waals surface area contributed by atoms with Crippen molar-refractivity contribution < 1.29 is 4.39 Å². The van der Waals surface area contributed by atoms with Crippen LogP contribution in [0.1, 0.15) is 34.7 Å². The summed E-state index contributed by atoms with van der Waals surface area (Å²) < 4.78 is 15.0. The number of halogens is 2. The molecule has 1 aliphatic heterocycles. The molecule has 0 saturated heterocycles. The second-order valence-corrected chi connectivity index (χ2v) is 9.08. The first-order valence-electron chi connectivity index (χ1n) is 11.3. The Morgan fingerprint density at radius 2 is 1.64 bits per heavy atom. The SMILES string of the molecule is Cc1ccc(C2=NN(c3nc(-c4ccc(Cl)cc4)c(C#N)c(=O)n3C)C(c3ccc(F)cc3)C2)cc1. The first-order valence-corrected chi connectivity index (χ1v) is 11.7. The first-order chi connectivity index (χ1) is 17.4. The molecule has 0 bridgehead atoms. The maximum Gasteiger partial charge on any atom is 0.273 e. The van der Waals surface area contributed by atoms with E-state index in [1.54, 1.807) is 48.5 Å². The van der Waals surface area contributed by atoms with Gasteiger partial charge in [0.2, 0.25) is 5.95 Å². The summed E-state index contributed by atoms with van der Waals surface area (Å²) in [6, 6.07) is 22.7. The molecule has 6 nitrogen and oxygen atoms in total. The van der Waals surface area contributed by atoms with Crippen molar-refractivity contribution in [2.45, 2.75) is 19.4 Å². The Hall–Kier alpha value is -4.28. The summed E-state index contributed by atoms with van der Waals surface area (Å²) in [6.07, 6.45) is 0.529. The van der Waals surface area contributed by atoms with E-state index in [1.165, 1.54) is 16.7 Å². The van der Waals surface area contributed by atoms with Gasteiger partial charge in [0.1, 0.15) is 17.4 Å². The molecule has 0 N–H and O–H groups in total. The van der Waals surface area contributed by atoms with E-state index < -0.39 is 5.56 Å². The standard InChI is InChI=1S/C28H21ClFN5O/c1-17-3-5-18(6-4-17)24-15-25(19-9-13-22(30)14-10-19)35(33-24)28-32-26(20-7-11-21(29)12-8-20)23(16-31)27(36)34(28)2/h3-14,25H,15H2,1-2H3. The van der Waals surface area contributed by atoms with Crippen molar-refractivity contribution in [1.82, 2.24) is 9.55 Å². The van der Waals surface area contributed by atoms with Crippen LogP contribution in [0.5, 0.6) is 0 Å². The van der Waals surface area contributed by atoms with Crippen molar-refractivity contribution in [2.24, 2.45) is 12.1 Å². The number of hydrogen-bond donors (Lipinski definition) is 0. The van der Waals surface area contributed by atoms with E-state index >= 15 is 0 Å². The number of benzene rings is 3. The van der Waals surface area contributed by atoms with Gasteiger partial charge in [0.15, 0.2) is 0 Å². The van der Waals surface area contributed by atoms with Gasteiger partial charge in [-0.3, -0.25) is 9.36 Å². The van der Waals surface area contributed by atoms with Crippen LogP contribution >= 0.6 is 11.6 Å². The average Bonchev–Trinajstić information content (AvgIpc) is 3.32. The molecule has 5 rings (SSSR count). The van der Waals surface area contributed by atoms with Crippen LogP contribution in [0.25, 0.3) is 11.3 Å². The molecule has 0 fully saturated rings. The second kappa shape index (κ2) is 9.40. The van der Waals surface area contributed by atoms with E-state index in [-0.39, 0.29) is 29.1 Å². The Balaban J connectivity index is 1.70. The lowest BCUT2D eigenvalue weighted by Gasteiger charge is -2.25. The highest BCUT2D eigenvalue weighted by Crippen LogP contribution is 2.36. The number of anilines is 1. The summed E-state index contributed by atoms with van der Waals surface area (Å²) in [7, 11) is 1.57. The number of rotatable bonds is 4. The van der Waals surface area contributed by atoms with Crippen molar-refractivity contribution in [3.8, 4) is 17.3 Å². The van der Waals surface area contributed by atoms with Gasteiger partial charge < -0.3 is 0 Å². The van der Waals surface area contributed by atoms with E-state index in [2.05, 4.69) is 0 Å². The minimum atomic E-state index is -0.482. The third-order valence-corrected chi connectivity index (χ3v) is 6.50. The van der Waals surface area contributed by atoms with E-state index in [0.717, 1.165) is 22.4 Å². The number of nitriles is 1. The van der Waals surface area contributed by atoms with Crippen molar-refractivity contribution in [3.05, 3.63) is 116 Å². The van der Waals surface area contributed by atoms with Crippen LogP contribution in [0.15, 0.2) is 82.7 Å². The van der Waals surface area contributed by atoms with Crippen molar-refractivity contribution >= 4 is 23.3 Å². The summed E-state index contributed by atoms with van der Waals surface area (Å²) in [5.74, 6) is -0.0581. The maximum atomic E-state index is 13.7. The van der Waals surface area contributed by atoms with Crippen LogP contribution in [-0.2, 0) is 7.05 Å². The fourth-order valence-corrected chi connectivity index (χ4v) is 4.40. The number of hydrazone groups is 1. The smallest absolute Gasteiger partial charge is 0.273 e. The molecular weight excluding hydrogens is 477 g/mol. The Bertz CT molecular complexity index is 1570. The number of aryl methyl sites for hydroxylation is 1. The first kappa shape index (κ1) is 23.5. The molecule has 0 amide bonds. The molecule has 0 radical (unpaired) electrons. The highest BCUT2D eigenvalue weighted by atomic mass is 35.5. The molecule has 178 valence electrons. The van der Waals surface area contributed by atoms with Crippen molar-refractivity contribution in [1.29, 1.82) is 5.26 Å². The molecular formula is C28H21ClFN5O. The van der Waals surface area contributed by atoms with Crippen LogP contribution in [0.4, 0.5) is 10.3 Å². The van der Waals surface area contributed by atoms with E-state index in [4.69, 9.17) is 21.7 Å². The molecule has 1 atom stereocenters. The van der Waals surface area contributed by atoms with Crippen LogP contribution in [0.2, 0.25) is 5.02 Å². The highest BCUT2D eigenvalue weighted by Gasteiger charge is 2.33. The molecule has 3 aromatic carbocycles. The van der Waals surface area contributed by atoms with Crippen LogP contribution in [0.3, 0.4) is 0 Å². The molecule has 8 heteroatoms.